The van der Waals surface area contributed by atoms with Crippen LogP contribution in [0.15, 0.2) is 65.2 Å². The molecule has 11 heteroatoms. The van der Waals surface area contributed by atoms with Crippen molar-refractivity contribution in [1.82, 2.24) is 5.16 Å². The first-order valence-electron chi connectivity index (χ1n) is 9.36. The minimum absolute atomic E-state index is 0.0842. The van der Waals surface area contributed by atoms with Gasteiger partial charge in [-0.15, -0.1) is 13.2 Å². The van der Waals surface area contributed by atoms with Crippen molar-refractivity contribution >= 4 is 34.2 Å². The van der Waals surface area contributed by atoms with Crippen LogP contribution in [-0.2, 0) is 0 Å². The van der Waals surface area contributed by atoms with Crippen molar-refractivity contribution in [3.05, 3.63) is 66.2 Å². The molecule has 0 aliphatic carbocycles. The molecule has 0 fully saturated rings. The van der Waals surface area contributed by atoms with Gasteiger partial charge < -0.3 is 25.6 Å². The number of anilines is 3. The van der Waals surface area contributed by atoms with Gasteiger partial charge in [0.25, 0.3) is 0 Å². The van der Waals surface area contributed by atoms with Crippen LogP contribution >= 0.6 is 0 Å². The summed E-state index contributed by atoms with van der Waals surface area (Å²) in [6.45, 7) is 0. The molecule has 3 aromatic carbocycles. The maximum absolute atomic E-state index is 12.4. The Hall–Kier alpha value is -4.72. The van der Waals surface area contributed by atoms with Gasteiger partial charge in [-0.05, 0) is 35.9 Å². The third-order valence-corrected chi connectivity index (χ3v) is 4.54. The molecule has 166 valence electrons. The molecular formula is C22H14F3N5O3. The van der Waals surface area contributed by atoms with E-state index in [1.54, 1.807) is 30.3 Å². The highest BCUT2D eigenvalue weighted by molar-refractivity contribution is 6.03. The Morgan fingerprint density at radius 2 is 1.76 bits per heavy atom. The van der Waals surface area contributed by atoms with Crippen LogP contribution in [0, 0.1) is 11.3 Å². The molecule has 0 atom stereocenters. The Morgan fingerprint density at radius 1 is 1.03 bits per heavy atom. The molecule has 4 aromatic rings. The van der Waals surface area contributed by atoms with Gasteiger partial charge in [0.05, 0.1) is 17.0 Å². The van der Waals surface area contributed by atoms with Crippen LogP contribution in [0.2, 0.25) is 0 Å². The van der Waals surface area contributed by atoms with E-state index >= 15 is 0 Å². The molecule has 0 saturated carbocycles. The summed E-state index contributed by atoms with van der Waals surface area (Å²) in [7, 11) is 0. The van der Waals surface area contributed by atoms with E-state index in [0.717, 1.165) is 12.1 Å². The zero-order valence-electron chi connectivity index (χ0n) is 16.6. The van der Waals surface area contributed by atoms with Crippen LogP contribution in [0.3, 0.4) is 0 Å². The van der Waals surface area contributed by atoms with Crippen molar-refractivity contribution in [2.75, 3.05) is 16.4 Å². The Labute approximate surface area is 184 Å². The summed E-state index contributed by atoms with van der Waals surface area (Å²) in [6, 6.07) is 16.1. The SMILES string of the molecule is N#Cc1cc(NC(=O)Nc2cccc(OC(F)(F)F)c2)ccc1-c1cccc2onc(N)c12. The zero-order chi connectivity index (χ0) is 23.6. The number of amides is 2. The minimum atomic E-state index is -4.85. The highest BCUT2D eigenvalue weighted by atomic mass is 19.4. The topological polar surface area (TPSA) is 126 Å². The number of nitrogens with one attached hydrogen (secondary N) is 2. The number of nitrogens with two attached hydrogens (primary N) is 1. The number of carbonyl (C=O) groups excluding carboxylic acids is 1. The second-order valence-corrected chi connectivity index (χ2v) is 6.77. The lowest BCUT2D eigenvalue weighted by Crippen LogP contribution is -2.20. The molecule has 0 aliphatic heterocycles. The summed E-state index contributed by atoms with van der Waals surface area (Å²) >= 11 is 0. The molecule has 33 heavy (non-hydrogen) atoms. The molecule has 0 radical (unpaired) electrons. The van der Waals surface area contributed by atoms with Crippen LogP contribution in [0.25, 0.3) is 22.1 Å². The van der Waals surface area contributed by atoms with E-state index in [0.29, 0.717) is 27.8 Å². The molecule has 0 spiro atoms. The van der Waals surface area contributed by atoms with Gasteiger partial charge in [-0.2, -0.15) is 5.26 Å². The number of nitrogens with zero attached hydrogens (tertiary/aromatic N) is 2. The molecule has 4 rings (SSSR count). The fourth-order valence-corrected chi connectivity index (χ4v) is 3.25. The molecule has 1 aromatic heterocycles. The maximum atomic E-state index is 12.4. The number of nitrogen functional groups attached to an aromatic ring is 1. The molecule has 0 aliphatic rings. The van der Waals surface area contributed by atoms with Gasteiger partial charge in [0, 0.05) is 23.0 Å². The Bertz CT molecular complexity index is 1390. The van der Waals surface area contributed by atoms with E-state index in [1.165, 1.54) is 18.2 Å². The smallest absolute Gasteiger partial charge is 0.406 e. The number of alkyl halides is 3. The number of benzene rings is 3. The van der Waals surface area contributed by atoms with Gasteiger partial charge in [-0.3, -0.25) is 0 Å². The van der Waals surface area contributed by atoms with Crippen molar-refractivity contribution in [3.63, 3.8) is 0 Å². The highest BCUT2D eigenvalue weighted by Crippen LogP contribution is 2.35. The molecule has 8 nitrogen and oxygen atoms in total. The number of halogens is 3. The molecule has 4 N–H and O–H groups in total. The minimum Gasteiger partial charge on any atom is -0.406 e. The van der Waals surface area contributed by atoms with Crippen LogP contribution in [0.4, 0.5) is 35.2 Å². The molecule has 0 saturated heterocycles. The number of rotatable bonds is 4. The van der Waals surface area contributed by atoms with E-state index in [-0.39, 0.29) is 17.1 Å². The van der Waals surface area contributed by atoms with E-state index in [9.17, 15) is 23.2 Å². The lowest BCUT2D eigenvalue weighted by molar-refractivity contribution is -0.274. The summed E-state index contributed by atoms with van der Waals surface area (Å²) in [4.78, 5) is 12.3. The zero-order valence-corrected chi connectivity index (χ0v) is 16.6. The molecule has 2 amide bonds. The van der Waals surface area contributed by atoms with Crippen molar-refractivity contribution in [3.8, 4) is 22.9 Å². The molecule has 1 heterocycles. The number of nitriles is 1. The second-order valence-electron chi connectivity index (χ2n) is 6.77. The average molecular weight is 453 g/mol. The predicted molar refractivity (Wildman–Crippen MR) is 114 cm³/mol. The van der Waals surface area contributed by atoms with Crippen molar-refractivity contribution in [2.45, 2.75) is 6.36 Å². The second kappa shape index (κ2) is 8.43. The van der Waals surface area contributed by atoms with Gasteiger partial charge in [0.1, 0.15) is 5.75 Å². The number of hydrogen-bond acceptors (Lipinski definition) is 6. The first-order valence-corrected chi connectivity index (χ1v) is 9.36. The number of hydrogen-bond donors (Lipinski definition) is 3. The van der Waals surface area contributed by atoms with E-state index in [2.05, 4.69) is 26.6 Å². The van der Waals surface area contributed by atoms with Crippen LogP contribution in [0.5, 0.6) is 5.75 Å². The van der Waals surface area contributed by atoms with Crippen molar-refractivity contribution < 1.29 is 27.2 Å². The van der Waals surface area contributed by atoms with E-state index in [4.69, 9.17) is 10.3 Å². The Kier molecular flexibility index (Phi) is 5.49. The van der Waals surface area contributed by atoms with Crippen molar-refractivity contribution in [2.24, 2.45) is 0 Å². The summed E-state index contributed by atoms with van der Waals surface area (Å²) in [5, 5.41) is 18.9. The normalized spacial score (nSPS) is 11.1. The summed E-state index contributed by atoms with van der Waals surface area (Å²) in [6.07, 6.45) is -4.85. The standard InChI is InChI=1S/C22H14F3N5O3/c23-22(24,25)32-15-4-1-3-13(10-15)28-21(31)29-14-7-8-16(12(9-14)11-26)17-5-2-6-18-19(17)20(27)30-33-18/h1-10H,(H2,27,30)(H2,28,29,31). The third kappa shape index (κ3) is 4.80. The summed E-state index contributed by atoms with van der Waals surface area (Å²) in [5.74, 6) is -0.290. The van der Waals surface area contributed by atoms with Gasteiger partial charge in [0.2, 0.25) is 0 Å². The Morgan fingerprint density at radius 3 is 2.48 bits per heavy atom. The average Bonchev–Trinajstić information content (AvgIpc) is 3.14. The third-order valence-electron chi connectivity index (χ3n) is 4.54. The fourth-order valence-electron chi connectivity index (χ4n) is 3.25. The van der Waals surface area contributed by atoms with Crippen molar-refractivity contribution in [1.29, 1.82) is 5.26 Å². The predicted octanol–water partition coefficient (Wildman–Crippen LogP) is 5.49. The van der Waals surface area contributed by atoms with Gasteiger partial charge in [-0.1, -0.05) is 29.4 Å². The fraction of sp³-hybridized carbons (Fsp3) is 0.0455. The maximum Gasteiger partial charge on any atom is 0.573 e. The quantitative estimate of drug-likeness (QED) is 0.375. The highest BCUT2D eigenvalue weighted by Gasteiger charge is 2.31. The molecule has 0 unspecified atom stereocenters. The number of ether oxygens (including phenoxy) is 1. The first-order chi connectivity index (χ1) is 15.7. The monoisotopic (exact) mass is 453 g/mol. The lowest BCUT2D eigenvalue weighted by atomic mass is 9.97. The Balaban J connectivity index is 1.54. The van der Waals surface area contributed by atoms with Gasteiger partial charge in [0.15, 0.2) is 11.4 Å². The molecule has 0 bridgehead atoms. The van der Waals surface area contributed by atoms with Crippen LogP contribution in [-0.4, -0.2) is 17.6 Å². The largest absolute Gasteiger partial charge is 0.573 e. The number of urea groups is 1. The number of aromatic nitrogens is 1. The van der Waals surface area contributed by atoms with Crippen LogP contribution < -0.4 is 21.1 Å². The molecular weight excluding hydrogens is 439 g/mol. The number of fused-ring (bicyclic) bond motifs is 1. The number of carbonyl (C=O) groups is 1. The van der Waals surface area contributed by atoms with E-state index < -0.39 is 18.1 Å². The summed E-state index contributed by atoms with van der Waals surface area (Å²) < 4.78 is 46.1. The lowest BCUT2D eigenvalue weighted by Gasteiger charge is -2.12. The van der Waals surface area contributed by atoms with Gasteiger partial charge in [-0.25, -0.2) is 4.79 Å². The van der Waals surface area contributed by atoms with Gasteiger partial charge >= 0.3 is 12.4 Å². The summed E-state index contributed by atoms with van der Waals surface area (Å²) in [5.41, 5.74) is 8.18. The van der Waals surface area contributed by atoms with Crippen LogP contribution in [0.1, 0.15) is 5.56 Å². The van der Waals surface area contributed by atoms with E-state index in [1.807, 2.05) is 0 Å². The first kappa shape index (κ1) is 21.5.